The van der Waals surface area contributed by atoms with Gasteiger partial charge >= 0.3 is 0 Å². The second-order valence-electron chi connectivity index (χ2n) is 5.42. The molecule has 1 fully saturated rings. The average Bonchev–Trinajstić information content (AvgIpc) is 2.21. The maximum absolute atomic E-state index is 11.9. The largest absolute Gasteiger partial charge is 0.385 e. The van der Waals surface area contributed by atoms with E-state index in [0.29, 0.717) is 13.2 Å². The van der Waals surface area contributed by atoms with Crippen molar-refractivity contribution in [3.8, 4) is 0 Å². The molecule has 5 heteroatoms. The van der Waals surface area contributed by atoms with Gasteiger partial charge in [-0.15, -0.1) is 0 Å². The van der Waals surface area contributed by atoms with Gasteiger partial charge in [-0.2, -0.15) is 0 Å². The molecule has 98 valence electrons. The molecule has 1 N–H and O–H groups in total. The van der Waals surface area contributed by atoms with Crippen molar-refractivity contribution in [1.29, 1.82) is 0 Å². The Morgan fingerprint density at radius 3 is 2.59 bits per heavy atom. The first-order valence-corrected chi connectivity index (χ1v) is 5.94. The molecule has 0 bridgehead atoms. The number of nitrogens with one attached hydrogen (secondary N) is 1. The summed E-state index contributed by atoms with van der Waals surface area (Å²) in [6, 6.07) is -0.388. The summed E-state index contributed by atoms with van der Waals surface area (Å²) in [7, 11) is 1.63. The van der Waals surface area contributed by atoms with Gasteiger partial charge in [-0.25, -0.2) is 0 Å². The molecule has 5 nitrogen and oxygen atoms in total. The summed E-state index contributed by atoms with van der Waals surface area (Å²) in [4.78, 5) is 25.4. The number of hydrogen-bond donors (Lipinski definition) is 1. The van der Waals surface area contributed by atoms with Crippen molar-refractivity contribution in [1.82, 2.24) is 10.2 Å². The summed E-state index contributed by atoms with van der Waals surface area (Å²) < 4.78 is 4.98. The highest BCUT2D eigenvalue weighted by atomic mass is 16.5. The molecule has 1 rings (SSSR count). The van der Waals surface area contributed by atoms with Crippen LogP contribution in [0.3, 0.4) is 0 Å². The summed E-state index contributed by atoms with van der Waals surface area (Å²) in [5.41, 5.74) is -0.257. The zero-order valence-electron chi connectivity index (χ0n) is 11.1. The van der Waals surface area contributed by atoms with Gasteiger partial charge in [0.1, 0.15) is 6.04 Å². The maximum Gasteiger partial charge on any atom is 0.243 e. The lowest BCUT2D eigenvalue weighted by Crippen LogP contribution is -2.62. The predicted octanol–water partition coefficient (Wildman–Crippen LogP) is 0.396. The molecule has 17 heavy (non-hydrogen) atoms. The van der Waals surface area contributed by atoms with Crippen molar-refractivity contribution < 1.29 is 14.3 Å². The number of piperazine rings is 1. The van der Waals surface area contributed by atoms with Gasteiger partial charge < -0.3 is 15.0 Å². The van der Waals surface area contributed by atoms with E-state index in [1.807, 2.05) is 20.8 Å². The van der Waals surface area contributed by atoms with Crippen molar-refractivity contribution in [2.45, 2.75) is 33.2 Å². The third-order valence-electron chi connectivity index (χ3n) is 2.86. The summed E-state index contributed by atoms with van der Waals surface area (Å²) in [6.07, 6.45) is 0.752. The molecule has 0 aromatic rings. The minimum Gasteiger partial charge on any atom is -0.385 e. The molecule has 0 aromatic carbocycles. The number of methoxy groups -OCH3 is 1. The summed E-state index contributed by atoms with van der Waals surface area (Å²) in [6.45, 7) is 7.19. The zero-order valence-corrected chi connectivity index (χ0v) is 11.1. The third kappa shape index (κ3) is 3.43. The standard InChI is InChI=1S/C12H22N2O3/c1-12(2,3)10-11(16)13-8-9(15)14(10)6-5-7-17-4/h10H,5-8H2,1-4H3,(H,13,16). The first-order chi connectivity index (χ1) is 7.88. The van der Waals surface area contributed by atoms with Crippen LogP contribution in [0.4, 0.5) is 0 Å². The van der Waals surface area contributed by atoms with E-state index in [1.165, 1.54) is 0 Å². The van der Waals surface area contributed by atoms with Crippen molar-refractivity contribution in [3.63, 3.8) is 0 Å². The van der Waals surface area contributed by atoms with Crippen LogP contribution in [0, 0.1) is 5.41 Å². The second-order valence-corrected chi connectivity index (χ2v) is 5.42. The molecule has 0 spiro atoms. The number of hydrogen-bond acceptors (Lipinski definition) is 3. The lowest BCUT2D eigenvalue weighted by molar-refractivity contribution is -0.150. The van der Waals surface area contributed by atoms with Crippen LogP contribution in [0.5, 0.6) is 0 Å². The second kappa shape index (κ2) is 5.49. The quantitative estimate of drug-likeness (QED) is 0.726. The molecule has 0 radical (unpaired) electrons. The Morgan fingerprint density at radius 2 is 2.06 bits per heavy atom. The SMILES string of the molecule is COCCCN1C(=O)CNC(=O)C1C(C)(C)C. The van der Waals surface area contributed by atoms with Crippen LogP contribution in [0.2, 0.25) is 0 Å². The van der Waals surface area contributed by atoms with E-state index in [0.717, 1.165) is 6.42 Å². The normalized spacial score (nSPS) is 21.6. The van der Waals surface area contributed by atoms with E-state index in [1.54, 1.807) is 12.0 Å². The van der Waals surface area contributed by atoms with Crippen molar-refractivity contribution >= 4 is 11.8 Å². The Hall–Kier alpha value is -1.10. The van der Waals surface area contributed by atoms with Gasteiger partial charge in [0, 0.05) is 20.3 Å². The highest BCUT2D eigenvalue weighted by molar-refractivity contribution is 5.95. The van der Waals surface area contributed by atoms with Gasteiger partial charge in [0.25, 0.3) is 0 Å². The average molecular weight is 242 g/mol. The Balaban J connectivity index is 2.77. The Morgan fingerprint density at radius 1 is 1.41 bits per heavy atom. The van der Waals surface area contributed by atoms with Crippen molar-refractivity contribution in [2.24, 2.45) is 5.41 Å². The predicted molar refractivity (Wildman–Crippen MR) is 64.5 cm³/mol. The number of nitrogens with zero attached hydrogens (tertiary/aromatic N) is 1. The van der Waals surface area contributed by atoms with Gasteiger partial charge in [0.05, 0.1) is 6.54 Å². The van der Waals surface area contributed by atoms with E-state index in [-0.39, 0.29) is 29.8 Å². The number of ether oxygens (including phenoxy) is 1. The first-order valence-electron chi connectivity index (χ1n) is 5.94. The van der Waals surface area contributed by atoms with Crippen LogP contribution in [0.1, 0.15) is 27.2 Å². The fraction of sp³-hybridized carbons (Fsp3) is 0.833. The van der Waals surface area contributed by atoms with Crippen molar-refractivity contribution in [2.75, 3.05) is 26.8 Å². The highest BCUT2D eigenvalue weighted by Crippen LogP contribution is 2.26. The zero-order chi connectivity index (χ0) is 13.1. The van der Waals surface area contributed by atoms with E-state index < -0.39 is 0 Å². The van der Waals surface area contributed by atoms with Crippen LogP contribution < -0.4 is 5.32 Å². The Kier molecular flexibility index (Phi) is 4.51. The fourth-order valence-corrected chi connectivity index (χ4v) is 2.14. The van der Waals surface area contributed by atoms with E-state index in [2.05, 4.69) is 5.32 Å². The third-order valence-corrected chi connectivity index (χ3v) is 2.86. The molecule has 0 aliphatic carbocycles. The number of rotatable bonds is 4. The van der Waals surface area contributed by atoms with Crippen LogP contribution in [0.25, 0.3) is 0 Å². The minimum atomic E-state index is -0.388. The topological polar surface area (TPSA) is 58.6 Å². The Labute approximate surface area is 102 Å². The van der Waals surface area contributed by atoms with Gasteiger partial charge in [0.2, 0.25) is 11.8 Å². The monoisotopic (exact) mass is 242 g/mol. The molecule has 1 aliphatic heterocycles. The van der Waals surface area contributed by atoms with Gasteiger partial charge in [-0.1, -0.05) is 20.8 Å². The molecular weight excluding hydrogens is 220 g/mol. The van der Waals surface area contributed by atoms with Crippen LogP contribution >= 0.6 is 0 Å². The minimum absolute atomic E-state index is 0.0133. The van der Waals surface area contributed by atoms with E-state index >= 15 is 0 Å². The molecular formula is C12H22N2O3. The van der Waals surface area contributed by atoms with Gasteiger partial charge in [-0.3, -0.25) is 9.59 Å². The molecule has 1 unspecified atom stereocenters. The van der Waals surface area contributed by atoms with Crippen LogP contribution in [0.15, 0.2) is 0 Å². The summed E-state index contributed by atoms with van der Waals surface area (Å²) in [5.74, 6) is -0.0739. The first kappa shape index (κ1) is 14.0. The molecule has 1 atom stereocenters. The lowest BCUT2D eigenvalue weighted by atomic mass is 9.84. The molecule has 1 aliphatic rings. The number of amides is 2. The molecule has 0 saturated carbocycles. The maximum atomic E-state index is 11.9. The highest BCUT2D eigenvalue weighted by Gasteiger charge is 2.41. The van der Waals surface area contributed by atoms with Crippen LogP contribution in [-0.4, -0.2) is 49.6 Å². The fourth-order valence-electron chi connectivity index (χ4n) is 2.14. The number of carbonyl (C=O) groups excluding carboxylic acids is 2. The lowest BCUT2D eigenvalue weighted by Gasteiger charge is -2.42. The molecule has 2 amide bonds. The number of carbonyl (C=O) groups is 2. The molecule has 1 heterocycles. The Bertz CT molecular complexity index is 297. The van der Waals surface area contributed by atoms with E-state index in [4.69, 9.17) is 4.74 Å². The smallest absolute Gasteiger partial charge is 0.243 e. The van der Waals surface area contributed by atoms with Gasteiger partial charge in [0.15, 0.2) is 0 Å². The van der Waals surface area contributed by atoms with E-state index in [9.17, 15) is 9.59 Å². The van der Waals surface area contributed by atoms with Crippen molar-refractivity contribution in [3.05, 3.63) is 0 Å². The van der Waals surface area contributed by atoms with Gasteiger partial charge in [-0.05, 0) is 11.8 Å². The molecule has 0 aromatic heterocycles. The van der Waals surface area contributed by atoms with Crippen LogP contribution in [-0.2, 0) is 14.3 Å². The summed E-state index contributed by atoms with van der Waals surface area (Å²) >= 11 is 0. The summed E-state index contributed by atoms with van der Waals surface area (Å²) in [5, 5.41) is 2.65. The molecule has 1 saturated heterocycles.